The molecule has 10 nitrogen and oxygen atoms in total. The predicted octanol–water partition coefficient (Wildman–Crippen LogP) is 3.97. The van der Waals surface area contributed by atoms with Gasteiger partial charge in [-0.05, 0) is 61.9 Å². The SMILES string of the molecule is CCN(c1ccccc1)S(=O)(=O)c1ccc(OC)c(NC(=O)CN2C(=O)N[C@](C)(c3ccc(Cl)cc3)C2=O)c1. The fraction of sp³-hybridized carbons (Fsp3) is 0.222. The summed E-state index contributed by atoms with van der Waals surface area (Å²) in [6, 6.07) is 18.4. The zero-order valence-corrected chi connectivity index (χ0v) is 23.0. The molecule has 0 spiro atoms. The van der Waals surface area contributed by atoms with Crippen molar-refractivity contribution in [2.24, 2.45) is 0 Å². The van der Waals surface area contributed by atoms with Crippen LogP contribution in [-0.4, -0.2) is 51.4 Å². The van der Waals surface area contributed by atoms with E-state index in [1.54, 1.807) is 61.5 Å². The Kier molecular flexibility index (Phi) is 7.84. The first-order valence-corrected chi connectivity index (χ1v) is 13.8. The number of hydrogen-bond donors (Lipinski definition) is 2. The monoisotopic (exact) mass is 570 g/mol. The minimum atomic E-state index is -3.99. The minimum Gasteiger partial charge on any atom is -0.495 e. The summed E-state index contributed by atoms with van der Waals surface area (Å²) in [7, 11) is -2.62. The smallest absolute Gasteiger partial charge is 0.325 e. The van der Waals surface area contributed by atoms with E-state index in [9.17, 15) is 22.8 Å². The Morgan fingerprint density at radius 2 is 1.74 bits per heavy atom. The van der Waals surface area contributed by atoms with Gasteiger partial charge in [0.05, 0.1) is 23.4 Å². The van der Waals surface area contributed by atoms with Crippen LogP contribution >= 0.6 is 11.6 Å². The quantitative estimate of drug-likeness (QED) is 0.375. The van der Waals surface area contributed by atoms with Gasteiger partial charge in [-0.25, -0.2) is 13.2 Å². The summed E-state index contributed by atoms with van der Waals surface area (Å²) in [6.45, 7) is 2.84. The Hall–Kier alpha value is -4.09. The van der Waals surface area contributed by atoms with Crippen molar-refractivity contribution in [3.8, 4) is 5.75 Å². The maximum atomic E-state index is 13.5. The predicted molar refractivity (Wildman–Crippen MR) is 147 cm³/mol. The van der Waals surface area contributed by atoms with Gasteiger partial charge in [0.1, 0.15) is 17.8 Å². The molecule has 1 saturated heterocycles. The van der Waals surface area contributed by atoms with Crippen molar-refractivity contribution in [2.75, 3.05) is 29.8 Å². The molecule has 1 heterocycles. The van der Waals surface area contributed by atoms with E-state index in [2.05, 4.69) is 10.6 Å². The molecule has 1 aliphatic heterocycles. The number of hydrogen-bond acceptors (Lipinski definition) is 6. The highest BCUT2D eigenvalue weighted by molar-refractivity contribution is 7.92. The summed E-state index contributed by atoms with van der Waals surface area (Å²) >= 11 is 5.94. The van der Waals surface area contributed by atoms with Gasteiger partial charge in [-0.1, -0.05) is 41.9 Å². The lowest BCUT2D eigenvalue weighted by Gasteiger charge is -2.23. The van der Waals surface area contributed by atoms with Crippen LogP contribution in [0.3, 0.4) is 0 Å². The number of carbonyl (C=O) groups excluding carboxylic acids is 3. The summed E-state index contributed by atoms with van der Waals surface area (Å²) < 4.78 is 33.4. The van der Waals surface area contributed by atoms with E-state index < -0.39 is 40.0 Å². The van der Waals surface area contributed by atoms with Crippen molar-refractivity contribution < 1.29 is 27.5 Å². The first-order chi connectivity index (χ1) is 18.5. The van der Waals surface area contributed by atoms with Gasteiger partial charge in [0.15, 0.2) is 0 Å². The van der Waals surface area contributed by atoms with Crippen LogP contribution in [0.25, 0.3) is 0 Å². The molecule has 12 heteroatoms. The van der Waals surface area contributed by atoms with Crippen LogP contribution in [0, 0.1) is 0 Å². The summed E-state index contributed by atoms with van der Waals surface area (Å²) in [5.74, 6) is -1.13. The number of sulfonamides is 1. The molecule has 0 radical (unpaired) electrons. The van der Waals surface area contributed by atoms with E-state index >= 15 is 0 Å². The van der Waals surface area contributed by atoms with Crippen molar-refractivity contribution in [1.29, 1.82) is 0 Å². The van der Waals surface area contributed by atoms with E-state index in [0.717, 1.165) is 4.90 Å². The number of nitrogens with zero attached hydrogens (tertiary/aromatic N) is 2. The Bertz CT molecular complexity index is 1510. The number of anilines is 2. The summed E-state index contributed by atoms with van der Waals surface area (Å²) in [5, 5.41) is 5.67. The lowest BCUT2D eigenvalue weighted by atomic mass is 9.92. The standard InChI is InChI=1S/C27H27ClN4O6S/c1-4-32(20-8-6-5-7-9-20)39(36,37)21-14-15-23(38-3)22(16-21)29-24(33)17-31-25(34)27(2,30-26(31)35)18-10-12-19(28)13-11-18/h5-16H,4,17H2,1-3H3,(H,29,33)(H,30,35)/t27-/m1/s1. The van der Waals surface area contributed by atoms with Crippen molar-refractivity contribution in [3.05, 3.63) is 83.4 Å². The van der Waals surface area contributed by atoms with E-state index in [1.165, 1.54) is 36.5 Å². The normalized spacial score (nSPS) is 17.1. The summed E-state index contributed by atoms with van der Waals surface area (Å²) in [4.78, 5) is 39.5. The molecule has 1 fully saturated rings. The Morgan fingerprint density at radius 1 is 1.08 bits per heavy atom. The molecule has 0 aliphatic carbocycles. The molecule has 0 bridgehead atoms. The van der Waals surface area contributed by atoms with Gasteiger partial charge >= 0.3 is 6.03 Å². The first-order valence-electron chi connectivity index (χ1n) is 12.0. The first kappa shape index (κ1) is 27.9. The molecule has 1 aliphatic rings. The van der Waals surface area contributed by atoms with E-state index in [1.807, 2.05) is 0 Å². The molecular formula is C27H27ClN4O6S. The lowest BCUT2D eigenvalue weighted by molar-refractivity contribution is -0.133. The van der Waals surface area contributed by atoms with E-state index in [0.29, 0.717) is 16.3 Å². The summed E-state index contributed by atoms with van der Waals surface area (Å²) in [6.07, 6.45) is 0. The van der Waals surface area contributed by atoms with Gasteiger partial charge in [-0.2, -0.15) is 0 Å². The Morgan fingerprint density at radius 3 is 2.36 bits per heavy atom. The molecule has 1 atom stereocenters. The Labute approximate surface area is 231 Å². The molecule has 3 aromatic carbocycles. The van der Waals surface area contributed by atoms with Crippen molar-refractivity contribution in [1.82, 2.24) is 10.2 Å². The van der Waals surface area contributed by atoms with Crippen LogP contribution in [0.5, 0.6) is 5.75 Å². The number of para-hydroxylation sites is 1. The second-order valence-corrected chi connectivity index (χ2v) is 11.2. The fourth-order valence-electron chi connectivity index (χ4n) is 4.31. The van der Waals surface area contributed by atoms with E-state index in [4.69, 9.17) is 16.3 Å². The van der Waals surface area contributed by atoms with Crippen LogP contribution < -0.4 is 19.7 Å². The van der Waals surface area contributed by atoms with Crippen molar-refractivity contribution in [2.45, 2.75) is 24.3 Å². The second kappa shape index (κ2) is 11.0. The highest BCUT2D eigenvalue weighted by Crippen LogP contribution is 2.32. The lowest BCUT2D eigenvalue weighted by Crippen LogP contribution is -2.42. The molecule has 2 N–H and O–H groups in total. The van der Waals surface area contributed by atoms with Crippen LogP contribution in [0.15, 0.2) is 77.7 Å². The number of carbonyl (C=O) groups is 3. The zero-order chi connectivity index (χ0) is 28.4. The zero-order valence-electron chi connectivity index (χ0n) is 21.5. The van der Waals surface area contributed by atoms with Crippen LogP contribution in [-0.2, 0) is 25.2 Å². The van der Waals surface area contributed by atoms with Gasteiger partial charge < -0.3 is 15.4 Å². The molecule has 0 unspecified atom stereocenters. The van der Waals surface area contributed by atoms with Crippen LogP contribution in [0.1, 0.15) is 19.4 Å². The number of urea groups is 1. The van der Waals surface area contributed by atoms with Gasteiger partial charge in [0.25, 0.3) is 15.9 Å². The largest absolute Gasteiger partial charge is 0.495 e. The van der Waals surface area contributed by atoms with Crippen molar-refractivity contribution in [3.63, 3.8) is 0 Å². The molecule has 0 saturated carbocycles. The Balaban J connectivity index is 1.56. The van der Waals surface area contributed by atoms with Crippen LogP contribution in [0.4, 0.5) is 16.2 Å². The number of halogens is 1. The molecule has 4 amide bonds. The average molecular weight is 571 g/mol. The molecule has 204 valence electrons. The van der Waals surface area contributed by atoms with Gasteiger partial charge in [0.2, 0.25) is 5.91 Å². The average Bonchev–Trinajstić information content (AvgIpc) is 3.13. The minimum absolute atomic E-state index is 0.0696. The second-order valence-electron chi connectivity index (χ2n) is 8.87. The number of rotatable bonds is 9. The van der Waals surface area contributed by atoms with E-state index in [-0.39, 0.29) is 22.9 Å². The number of nitrogens with one attached hydrogen (secondary N) is 2. The maximum Gasteiger partial charge on any atom is 0.325 e. The molecule has 4 rings (SSSR count). The van der Waals surface area contributed by atoms with Gasteiger partial charge in [0, 0.05) is 11.6 Å². The third-order valence-corrected chi connectivity index (χ3v) is 8.51. The van der Waals surface area contributed by atoms with Gasteiger partial charge in [-0.15, -0.1) is 0 Å². The molecular weight excluding hydrogens is 544 g/mol. The molecule has 39 heavy (non-hydrogen) atoms. The third kappa shape index (κ3) is 5.41. The fourth-order valence-corrected chi connectivity index (χ4v) is 5.94. The number of benzene rings is 3. The van der Waals surface area contributed by atoms with Crippen LogP contribution in [0.2, 0.25) is 5.02 Å². The number of imide groups is 1. The topological polar surface area (TPSA) is 125 Å². The number of methoxy groups -OCH3 is 1. The highest BCUT2D eigenvalue weighted by Gasteiger charge is 2.49. The summed E-state index contributed by atoms with van der Waals surface area (Å²) in [5.41, 5.74) is -0.315. The molecule has 3 aromatic rings. The van der Waals surface area contributed by atoms with Crippen molar-refractivity contribution >= 4 is 50.8 Å². The number of amides is 4. The highest BCUT2D eigenvalue weighted by atomic mass is 35.5. The third-order valence-electron chi connectivity index (χ3n) is 6.36. The maximum absolute atomic E-state index is 13.5. The van der Waals surface area contributed by atoms with Gasteiger partial charge in [-0.3, -0.25) is 18.8 Å². The number of ether oxygens (including phenoxy) is 1. The molecule has 0 aromatic heterocycles.